The lowest BCUT2D eigenvalue weighted by atomic mass is 10.2. The minimum atomic E-state index is 0.565. The molecule has 0 radical (unpaired) electrons. The van der Waals surface area contributed by atoms with E-state index in [1.54, 1.807) is 12.2 Å². The topological polar surface area (TPSA) is 12.0 Å². The smallest absolute Gasteiger partial charge is 0.0342 e. The summed E-state index contributed by atoms with van der Waals surface area (Å²) < 4.78 is 0. The van der Waals surface area contributed by atoms with Crippen molar-refractivity contribution in [3.63, 3.8) is 0 Å². The molecule has 0 amide bonds. The van der Waals surface area contributed by atoms with Gasteiger partial charge < -0.3 is 5.32 Å². The Labute approximate surface area is 86.9 Å². The van der Waals surface area contributed by atoms with Crippen LogP contribution in [0.15, 0.2) is 49.2 Å². The fourth-order valence-corrected chi connectivity index (χ4v) is 1.43. The van der Waals surface area contributed by atoms with Crippen LogP contribution in [0.4, 0.5) is 0 Å². The second kappa shape index (κ2) is 5.48. The second-order valence-electron chi connectivity index (χ2n) is 3.72. The van der Waals surface area contributed by atoms with Gasteiger partial charge in [-0.25, -0.2) is 0 Å². The molecule has 0 spiro atoms. The third-order valence-electron chi connectivity index (χ3n) is 2.43. The molecule has 0 aromatic rings. The van der Waals surface area contributed by atoms with Gasteiger partial charge in [-0.3, -0.25) is 0 Å². The van der Waals surface area contributed by atoms with E-state index in [4.69, 9.17) is 0 Å². The summed E-state index contributed by atoms with van der Waals surface area (Å²) in [5.41, 5.74) is 1.11. The van der Waals surface area contributed by atoms with Crippen LogP contribution in [-0.4, -0.2) is 6.04 Å². The van der Waals surface area contributed by atoms with Gasteiger partial charge in [-0.2, -0.15) is 0 Å². The number of hydrogen-bond acceptors (Lipinski definition) is 1. The molecule has 1 N–H and O–H groups in total. The molecule has 1 nitrogen and oxygen atoms in total. The van der Waals surface area contributed by atoms with Crippen LogP contribution in [0.2, 0.25) is 0 Å². The molecule has 0 aliphatic heterocycles. The molecule has 1 saturated carbocycles. The highest BCUT2D eigenvalue weighted by Gasteiger charge is 2.27. The zero-order chi connectivity index (χ0) is 10.4. The molecule has 1 aliphatic rings. The molecule has 0 aromatic heterocycles. The molecule has 1 fully saturated rings. The Morgan fingerprint density at radius 3 is 2.57 bits per heavy atom. The lowest BCUT2D eigenvalue weighted by Gasteiger charge is -2.14. The van der Waals surface area contributed by atoms with E-state index < -0.39 is 0 Å². The average molecular weight is 189 g/mol. The second-order valence-corrected chi connectivity index (χ2v) is 3.72. The van der Waals surface area contributed by atoms with E-state index in [1.807, 2.05) is 18.2 Å². The molecule has 1 heteroatoms. The lowest BCUT2D eigenvalue weighted by Crippen LogP contribution is -2.26. The van der Waals surface area contributed by atoms with Gasteiger partial charge in [-0.15, -0.1) is 0 Å². The summed E-state index contributed by atoms with van der Waals surface area (Å²) in [6.45, 7) is 9.58. The maximum absolute atomic E-state index is 3.70. The van der Waals surface area contributed by atoms with Crippen LogP contribution in [0, 0.1) is 5.92 Å². The first kappa shape index (κ1) is 10.8. The molecule has 0 bridgehead atoms. The molecule has 0 saturated heterocycles. The zero-order valence-electron chi connectivity index (χ0n) is 8.87. The Bertz CT molecular complexity index is 256. The number of rotatable bonds is 6. The fourth-order valence-electron chi connectivity index (χ4n) is 1.43. The molecule has 1 unspecified atom stereocenters. The predicted molar refractivity (Wildman–Crippen MR) is 62.9 cm³/mol. The summed E-state index contributed by atoms with van der Waals surface area (Å²) in [4.78, 5) is 0. The first-order valence-corrected chi connectivity index (χ1v) is 5.16. The van der Waals surface area contributed by atoms with Crippen molar-refractivity contribution in [1.82, 2.24) is 5.32 Å². The molecule has 0 heterocycles. The van der Waals surface area contributed by atoms with Gasteiger partial charge in [-0.05, 0) is 37.8 Å². The normalized spacial score (nSPS) is 19.4. The van der Waals surface area contributed by atoms with Gasteiger partial charge in [0.1, 0.15) is 0 Å². The van der Waals surface area contributed by atoms with Gasteiger partial charge in [0.25, 0.3) is 0 Å². The zero-order valence-corrected chi connectivity index (χ0v) is 8.87. The van der Waals surface area contributed by atoms with Crippen molar-refractivity contribution in [2.75, 3.05) is 0 Å². The molecular formula is C13H19N. The molecule has 1 atom stereocenters. The van der Waals surface area contributed by atoms with Gasteiger partial charge in [-0.1, -0.05) is 31.4 Å². The monoisotopic (exact) mass is 189 g/mol. The number of hydrogen-bond donors (Lipinski definition) is 1. The maximum Gasteiger partial charge on any atom is 0.0342 e. The summed E-state index contributed by atoms with van der Waals surface area (Å²) >= 11 is 0. The minimum absolute atomic E-state index is 0.565. The van der Waals surface area contributed by atoms with E-state index in [2.05, 4.69) is 25.4 Å². The molecule has 1 rings (SSSR count). The Morgan fingerprint density at radius 2 is 2.07 bits per heavy atom. The highest BCUT2D eigenvalue weighted by molar-refractivity contribution is 5.24. The van der Waals surface area contributed by atoms with Gasteiger partial charge in [0.15, 0.2) is 0 Å². The van der Waals surface area contributed by atoms with Crippen LogP contribution in [0.25, 0.3) is 0 Å². The summed E-state index contributed by atoms with van der Waals surface area (Å²) in [6.07, 6.45) is 12.2. The molecule has 76 valence electrons. The number of allylic oxidation sites excluding steroid dienone is 5. The van der Waals surface area contributed by atoms with Crippen LogP contribution in [0.3, 0.4) is 0 Å². The van der Waals surface area contributed by atoms with Crippen molar-refractivity contribution in [3.8, 4) is 0 Å². The summed E-state index contributed by atoms with van der Waals surface area (Å²) in [5, 5.41) is 3.47. The maximum atomic E-state index is 3.70. The quantitative estimate of drug-likeness (QED) is 0.633. The highest BCUT2D eigenvalue weighted by Crippen LogP contribution is 2.32. The van der Waals surface area contributed by atoms with E-state index in [9.17, 15) is 0 Å². The molecule has 1 aliphatic carbocycles. The average Bonchev–Trinajstić information content (AvgIpc) is 2.97. The van der Waals surface area contributed by atoms with Crippen molar-refractivity contribution in [2.24, 2.45) is 5.92 Å². The summed E-state index contributed by atoms with van der Waals surface area (Å²) in [7, 11) is 0. The van der Waals surface area contributed by atoms with E-state index >= 15 is 0 Å². The largest absolute Gasteiger partial charge is 0.382 e. The SMILES string of the molecule is C=C/C=C\C(=C/C=C)NC(C)C1CC1. The fraction of sp³-hybridized carbons (Fsp3) is 0.385. The van der Waals surface area contributed by atoms with Crippen molar-refractivity contribution in [1.29, 1.82) is 0 Å². The van der Waals surface area contributed by atoms with Crippen LogP contribution >= 0.6 is 0 Å². The Balaban J connectivity index is 2.49. The first-order valence-electron chi connectivity index (χ1n) is 5.16. The third kappa shape index (κ3) is 3.65. The van der Waals surface area contributed by atoms with E-state index in [-0.39, 0.29) is 0 Å². The van der Waals surface area contributed by atoms with Gasteiger partial charge >= 0.3 is 0 Å². The highest BCUT2D eigenvalue weighted by atomic mass is 14.9. The van der Waals surface area contributed by atoms with Gasteiger partial charge in [0.05, 0.1) is 0 Å². The lowest BCUT2D eigenvalue weighted by molar-refractivity contribution is 0.555. The predicted octanol–water partition coefficient (Wildman–Crippen LogP) is 3.19. The van der Waals surface area contributed by atoms with Crippen LogP contribution in [0.1, 0.15) is 19.8 Å². The van der Waals surface area contributed by atoms with Crippen molar-refractivity contribution >= 4 is 0 Å². The van der Waals surface area contributed by atoms with Crippen LogP contribution in [0.5, 0.6) is 0 Å². The standard InChI is InChI=1S/C13H19N/c1-4-6-8-13(7-5-2)14-11(3)12-9-10-12/h4-8,11-12,14H,1-2,9-10H2,3H3/b8-6-,13-7+. The van der Waals surface area contributed by atoms with Gasteiger partial charge in [0.2, 0.25) is 0 Å². The van der Waals surface area contributed by atoms with E-state index in [0.717, 1.165) is 11.6 Å². The summed E-state index contributed by atoms with van der Waals surface area (Å²) in [6, 6.07) is 0.565. The van der Waals surface area contributed by atoms with E-state index in [0.29, 0.717) is 6.04 Å². The van der Waals surface area contributed by atoms with Crippen molar-refractivity contribution < 1.29 is 0 Å². The van der Waals surface area contributed by atoms with Crippen LogP contribution < -0.4 is 5.32 Å². The Hall–Kier alpha value is -1.24. The number of nitrogens with one attached hydrogen (secondary N) is 1. The molecule has 14 heavy (non-hydrogen) atoms. The molecular weight excluding hydrogens is 170 g/mol. The molecule has 0 aromatic carbocycles. The Morgan fingerprint density at radius 1 is 1.36 bits per heavy atom. The third-order valence-corrected chi connectivity index (χ3v) is 2.43. The minimum Gasteiger partial charge on any atom is -0.382 e. The van der Waals surface area contributed by atoms with Crippen LogP contribution in [-0.2, 0) is 0 Å². The first-order chi connectivity index (χ1) is 6.77. The Kier molecular flexibility index (Phi) is 4.24. The van der Waals surface area contributed by atoms with Crippen molar-refractivity contribution in [2.45, 2.75) is 25.8 Å². The van der Waals surface area contributed by atoms with Gasteiger partial charge in [0, 0.05) is 11.7 Å². The van der Waals surface area contributed by atoms with Crippen molar-refractivity contribution in [3.05, 3.63) is 49.2 Å². The summed E-state index contributed by atoms with van der Waals surface area (Å²) in [5.74, 6) is 0.861. The van der Waals surface area contributed by atoms with E-state index in [1.165, 1.54) is 12.8 Å².